The molecule has 0 bridgehead atoms. The third-order valence-corrected chi connectivity index (χ3v) is 3.15. The van der Waals surface area contributed by atoms with Crippen molar-refractivity contribution < 1.29 is 14.6 Å². The van der Waals surface area contributed by atoms with E-state index < -0.39 is 5.97 Å². The van der Waals surface area contributed by atoms with E-state index in [4.69, 9.17) is 22.1 Å². The van der Waals surface area contributed by atoms with Gasteiger partial charge in [0.25, 0.3) is 0 Å². The zero-order valence-electron chi connectivity index (χ0n) is 10.6. The minimum Gasteiger partial charge on any atom is -0.497 e. The van der Waals surface area contributed by atoms with Crippen LogP contribution in [0.15, 0.2) is 30.3 Å². The number of methoxy groups -OCH3 is 1. The summed E-state index contributed by atoms with van der Waals surface area (Å²) < 4.78 is 5.39. The van der Waals surface area contributed by atoms with Gasteiger partial charge in [-0.25, -0.2) is 4.79 Å². The lowest BCUT2D eigenvalue weighted by molar-refractivity contribution is 0.0695. The normalized spacial score (nSPS) is 10.2. The fraction of sp³-hybridized carbons (Fsp3) is 0.143. The van der Waals surface area contributed by atoms with E-state index in [2.05, 4.69) is 4.98 Å². The molecule has 0 fully saturated rings. The molecule has 0 unspecified atom stereocenters. The maximum atomic E-state index is 11.0. The molecule has 0 spiro atoms. The van der Waals surface area contributed by atoms with Crippen LogP contribution in [0.1, 0.15) is 15.9 Å². The number of aryl methyl sites for hydroxylation is 1. The molecule has 1 aromatic carbocycles. The van der Waals surface area contributed by atoms with Gasteiger partial charge in [0.15, 0.2) is 0 Å². The molecule has 1 heterocycles. The minimum absolute atomic E-state index is 0.110. The number of nitrogens with one attached hydrogen (secondary N) is 1. The number of carbonyl (C=O) groups is 1. The van der Waals surface area contributed by atoms with Gasteiger partial charge in [-0.1, -0.05) is 24.4 Å². The van der Waals surface area contributed by atoms with Crippen LogP contribution in [0.5, 0.6) is 5.75 Å². The van der Waals surface area contributed by atoms with Gasteiger partial charge in [0, 0.05) is 11.3 Å². The second kappa shape index (κ2) is 5.24. The molecule has 0 amide bonds. The highest BCUT2D eigenvalue weighted by molar-refractivity contribution is 7.71. The van der Waals surface area contributed by atoms with Gasteiger partial charge in [0.1, 0.15) is 10.4 Å². The van der Waals surface area contributed by atoms with Crippen LogP contribution >= 0.6 is 12.2 Å². The number of hydrogen-bond acceptors (Lipinski definition) is 3. The fourth-order valence-electron chi connectivity index (χ4n) is 1.87. The van der Waals surface area contributed by atoms with Gasteiger partial charge in [-0.15, -0.1) is 0 Å². The molecule has 0 saturated carbocycles. The molecule has 2 aromatic rings. The van der Waals surface area contributed by atoms with E-state index in [1.165, 1.54) is 0 Å². The minimum atomic E-state index is -1.03. The number of aromatic amines is 1. The van der Waals surface area contributed by atoms with Crippen molar-refractivity contribution >= 4 is 18.2 Å². The molecule has 0 saturated heterocycles. The lowest BCUT2D eigenvalue weighted by Crippen LogP contribution is -2.01. The quantitative estimate of drug-likeness (QED) is 0.842. The van der Waals surface area contributed by atoms with Crippen LogP contribution in [0.4, 0.5) is 0 Å². The zero-order valence-corrected chi connectivity index (χ0v) is 11.4. The van der Waals surface area contributed by atoms with Gasteiger partial charge in [0.05, 0.1) is 12.7 Å². The van der Waals surface area contributed by atoms with E-state index in [9.17, 15) is 4.79 Å². The second-order valence-electron chi connectivity index (χ2n) is 4.11. The number of pyridine rings is 1. The van der Waals surface area contributed by atoms with Crippen LogP contribution in [-0.4, -0.2) is 23.2 Å². The summed E-state index contributed by atoms with van der Waals surface area (Å²) in [6.07, 6.45) is 0. The van der Waals surface area contributed by atoms with Crippen LogP contribution < -0.4 is 4.74 Å². The van der Waals surface area contributed by atoms with Gasteiger partial charge in [-0.3, -0.25) is 0 Å². The summed E-state index contributed by atoms with van der Waals surface area (Å²) in [7, 11) is 1.60. The Morgan fingerprint density at radius 2 is 2.11 bits per heavy atom. The predicted octanol–water partition coefficient (Wildman–Crippen LogP) is 3.43. The highest BCUT2D eigenvalue weighted by Gasteiger charge is 2.10. The van der Waals surface area contributed by atoms with Crippen molar-refractivity contribution in [1.29, 1.82) is 0 Å². The smallest absolute Gasteiger partial charge is 0.338 e. The lowest BCUT2D eigenvalue weighted by atomic mass is 10.0. The van der Waals surface area contributed by atoms with E-state index in [1.807, 2.05) is 31.2 Å². The van der Waals surface area contributed by atoms with E-state index in [0.29, 0.717) is 0 Å². The van der Waals surface area contributed by atoms with Crippen LogP contribution in [0.25, 0.3) is 11.3 Å². The summed E-state index contributed by atoms with van der Waals surface area (Å²) in [5.74, 6) is -0.292. The molecule has 2 N–H and O–H groups in total. The number of carboxylic acids is 1. The topological polar surface area (TPSA) is 62.3 Å². The Hall–Kier alpha value is -2.14. The van der Waals surface area contributed by atoms with E-state index >= 15 is 0 Å². The Labute approximate surface area is 115 Å². The molecule has 0 aliphatic heterocycles. The molecule has 0 aliphatic rings. The molecule has 2 rings (SSSR count). The van der Waals surface area contributed by atoms with Crippen LogP contribution in [-0.2, 0) is 0 Å². The van der Waals surface area contributed by atoms with Crippen LogP contribution in [0, 0.1) is 11.6 Å². The summed E-state index contributed by atoms with van der Waals surface area (Å²) in [5.41, 5.74) is 2.63. The Morgan fingerprint density at radius 1 is 1.37 bits per heavy atom. The molecule has 1 aromatic heterocycles. The number of hydrogen-bond donors (Lipinski definition) is 2. The average Bonchev–Trinajstić information content (AvgIpc) is 2.40. The van der Waals surface area contributed by atoms with Gasteiger partial charge >= 0.3 is 5.97 Å². The molecular formula is C14H13NO3S. The van der Waals surface area contributed by atoms with Crippen molar-refractivity contribution in [2.75, 3.05) is 7.11 Å². The van der Waals surface area contributed by atoms with Gasteiger partial charge in [-0.05, 0) is 30.7 Å². The van der Waals surface area contributed by atoms with Crippen LogP contribution in [0.2, 0.25) is 0 Å². The van der Waals surface area contributed by atoms with E-state index in [-0.39, 0.29) is 10.2 Å². The number of rotatable bonds is 3. The Kier molecular flexibility index (Phi) is 3.66. The first kappa shape index (κ1) is 13.3. The summed E-state index contributed by atoms with van der Waals surface area (Å²) in [5, 5.41) is 9.03. The molecule has 0 radical (unpaired) electrons. The summed E-state index contributed by atoms with van der Waals surface area (Å²) in [6, 6.07) is 9.08. The molecule has 98 valence electrons. The van der Waals surface area contributed by atoms with Gasteiger partial charge < -0.3 is 14.8 Å². The van der Waals surface area contributed by atoms with E-state index in [1.54, 1.807) is 13.2 Å². The second-order valence-corrected chi connectivity index (χ2v) is 4.52. The summed E-state index contributed by atoms with van der Waals surface area (Å²) in [4.78, 5) is 14.0. The Bertz CT molecular complexity index is 691. The SMILES string of the molecule is COc1cccc(-c2[nH]c(=S)c(C(=O)O)cc2C)c1. The molecular weight excluding hydrogens is 262 g/mol. The van der Waals surface area contributed by atoms with Crippen molar-refractivity contribution in [2.45, 2.75) is 6.92 Å². The number of H-pyrrole nitrogens is 1. The third kappa shape index (κ3) is 2.66. The van der Waals surface area contributed by atoms with Crippen molar-refractivity contribution in [3.05, 3.63) is 46.1 Å². The molecule has 0 atom stereocenters. The van der Waals surface area contributed by atoms with E-state index in [0.717, 1.165) is 22.6 Å². The molecule has 0 aliphatic carbocycles. The third-order valence-electron chi connectivity index (χ3n) is 2.83. The number of carboxylic acid groups (broad SMARTS) is 1. The largest absolute Gasteiger partial charge is 0.497 e. The van der Waals surface area contributed by atoms with Crippen molar-refractivity contribution in [1.82, 2.24) is 4.98 Å². The highest BCUT2D eigenvalue weighted by atomic mass is 32.1. The monoisotopic (exact) mass is 275 g/mol. The number of aromatic nitrogens is 1. The lowest BCUT2D eigenvalue weighted by Gasteiger charge is -2.09. The summed E-state index contributed by atoms with van der Waals surface area (Å²) >= 11 is 5.07. The maximum Gasteiger partial charge on any atom is 0.338 e. The zero-order chi connectivity index (χ0) is 14.0. The van der Waals surface area contributed by atoms with Gasteiger partial charge in [-0.2, -0.15) is 0 Å². The molecule has 19 heavy (non-hydrogen) atoms. The summed E-state index contributed by atoms with van der Waals surface area (Å²) in [6.45, 7) is 1.84. The predicted molar refractivity (Wildman–Crippen MR) is 75.3 cm³/mol. The molecule has 4 nitrogen and oxygen atoms in total. The first-order chi connectivity index (χ1) is 9.02. The standard InChI is InChI=1S/C14H13NO3S/c1-8-6-11(14(16)17)13(19)15-12(8)9-4-3-5-10(7-9)18-2/h3-7H,1-2H3,(H,15,19)(H,16,17). The average molecular weight is 275 g/mol. The number of benzene rings is 1. The Morgan fingerprint density at radius 3 is 2.74 bits per heavy atom. The first-order valence-electron chi connectivity index (χ1n) is 5.64. The molecule has 5 heteroatoms. The maximum absolute atomic E-state index is 11.0. The number of aromatic carboxylic acids is 1. The Balaban J connectivity index is 2.60. The highest BCUT2D eigenvalue weighted by Crippen LogP contribution is 2.25. The van der Waals surface area contributed by atoms with Crippen molar-refractivity contribution in [3.8, 4) is 17.0 Å². The van der Waals surface area contributed by atoms with Gasteiger partial charge in [0.2, 0.25) is 0 Å². The fourth-order valence-corrected chi connectivity index (χ4v) is 2.12. The van der Waals surface area contributed by atoms with Crippen molar-refractivity contribution in [2.24, 2.45) is 0 Å². The number of ether oxygens (including phenoxy) is 1. The van der Waals surface area contributed by atoms with Crippen molar-refractivity contribution in [3.63, 3.8) is 0 Å². The first-order valence-corrected chi connectivity index (χ1v) is 6.05. The van der Waals surface area contributed by atoms with Crippen LogP contribution in [0.3, 0.4) is 0 Å².